The minimum absolute atomic E-state index is 0.142. The monoisotopic (exact) mass is 412 g/mol. The van der Waals surface area contributed by atoms with E-state index in [0.29, 0.717) is 26.2 Å². The van der Waals surface area contributed by atoms with Crippen LogP contribution in [0.3, 0.4) is 0 Å². The molecule has 0 aromatic heterocycles. The average Bonchev–Trinajstić information content (AvgIpc) is 2.58. The lowest BCUT2D eigenvalue weighted by Gasteiger charge is -2.34. The fourth-order valence-electron chi connectivity index (χ4n) is 2.75. The quantitative estimate of drug-likeness (QED) is 0.774. The lowest BCUT2D eigenvalue weighted by Crippen LogP contribution is -2.48. The van der Waals surface area contributed by atoms with E-state index in [1.807, 2.05) is 18.2 Å². The summed E-state index contributed by atoms with van der Waals surface area (Å²) >= 11 is 3.54. The normalized spacial score (nSPS) is 17.1. The Morgan fingerprint density at radius 2 is 1.58 bits per heavy atom. The number of halogens is 2. The molecule has 24 heavy (non-hydrogen) atoms. The zero-order valence-electron chi connectivity index (χ0n) is 13.0. The molecule has 2 aromatic carbocycles. The molecular formula is C17H18BrFN2O2S. The van der Waals surface area contributed by atoms with Gasteiger partial charge in [-0.15, -0.1) is 0 Å². The molecule has 2 aromatic rings. The van der Waals surface area contributed by atoms with Crippen LogP contribution < -0.4 is 0 Å². The Balaban J connectivity index is 1.64. The molecule has 1 aliphatic rings. The highest BCUT2D eigenvalue weighted by molar-refractivity contribution is 9.10. The van der Waals surface area contributed by atoms with Crippen LogP contribution in [0.1, 0.15) is 5.56 Å². The summed E-state index contributed by atoms with van der Waals surface area (Å²) in [6, 6.07) is 13.0. The van der Waals surface area contributed by atoms with Crippen LogP contribution in [0, 0.1) is 5.82 Å². The smallest absolute Gasteiger partial charge is 0.243 e. The van der Waals surface area contributed by atoms with Crippen LogP contribution in [-0.4, -0.2) is 43.8 Å². The highest BCUT2D eigenvalue weighted by atomic mass is 79.9. The second-order valence-corrected chi connectivity index (χ2v) is 8.52. The fourth-order valence-corrected chi connectivity index (χ4v) is 4.58. The van der Waals surface area contributed by atoms with Crippen LogP contribution in [0.4, 0.5) is 4.39 Å². The Labute approximate surface area is 150 Å². The first-order chi connectivity index (χ1) is 11.5. The fraction of sp³-hybridized carbons (Fsp3) is 0.294. The first-order valence-electron chi connectivity index (χ1n) is 7.68. The van der Waals surface area contributed by atoms with Crippen molar-refractivity contribution in [1.82, 2.24) is 9.21 Å². The third-order valence-corrected chi connectivity index (χ3v) is 6.82. The van der Waals surface area contributed by atoms with E-state index in [9.17, 15) is 12.8 Å². The second kappa shape index (κ2) is 7.31. The minimum Gasteiger partial charge on any atom is -0.296 e. The molecule has 1 aliphatic heterocycles. The summed E-state index contributed by atoms with van der Waals surface area (Å²) < 4.78 is 40.7. The van der Waals surface area contributed by atoms with Crippen LogP contribution in [0.15, 0.2) is 57.9 Å². The summed E-state index contributed by atoms with van der Waals surface area (Å²) in [6.07, 6.45) is 0. The highest BCUT2D eigenvalue weighted by Gasteiger charge is 2.28. The lowest BCUT2D eigenvalue weighted by atomic mass is 10.2. The van der Waals surface area contributed by atoms with E-state index in [-0.39, 0.29) is 4.90 Å². The van der Waals surface area contributed by atoms with Gasteiger partial charge in [-0.05, 0) is 35.9 Å². The molecule has 0 bridgehead atoms. The van der Waals surface area contributed by atoms with Crippen molar-refractivity contribution in [2.45, 2.75) is 11.4 Å². The Kier molecular flexibility index (Phi) is 5.34. The molecular weight excluding hydrogens is 395 g/mol. The Hall–Kier alpha value is -1.28. The largest absolute Gasteiger partial charge is 0.296 e. The predicted molar refractivity (Wildman–Crippen MR) is 94.6 cm³/mol. The van der Waals surface area contributed by atoms with E-state index in [4.69, 9.17) is 0 Å². The Bertz CT molecular complexity index is 804. The number of hydrogen-bond donors (Lipinski definition) is 0. The van der Waals surface area contributed by atoms with Gasteiger partial charge in [0.1, 0.15) is 5.82 Å². The molecule has 128 valence electrons. The molecule has 1 heterocycles. The highest BCUT2D eigenvalue weighted by Crippen LogP contribution is 2.21. The van der Waals surface area contributed by atoms with Crippen LogP contribution in [0.2, 0.25) is 0 Å². The maximum Gasteiger partial charge on any atom is 0.243 e. The van der Waals surface area contributed by atoms with Gasteiger partial charge in [0.05, 0.1) is 4.90 Å². The summed E-state index contributed by atoms with van der Waals surface area (Å²) in [6.45, 7) is 2.99. The van der Waals surface area contributed by atoms with Crippen molar-refractivity contribution in [2.75, 3.05) is 26.2 Å². The molecule has 0 aliphatic carbocycles. The minimum atomic E-state index is -3.55. The van der Waals surface area contributed by atoms with E-state index in [1.165, 1.54) is 34.1 Å². The van der Waals surface area contributed by atoms with Crippen molar-refractivity contribution in [1.29, 1.82) is 0 Å². The van der Waals surface area contributed by atoms with Gasteiger partial charge in [0.2, 0.25) is 10.0 Å². The molecule has 0 saturated carbocycles. The molecule has 0 amide bonds. The van der Waals surface area contributed by atoms with Gasteiger partial charge in [-0.1, -0.05) is 34.1 Å². The molecule has 0 spiro atoms. The van der Waals surface area contributed by atoms with Gasteiger partial charge in [-0.25, -0.2) is 12.8 Å². The summed E-state index contributed by atoms with van der Waals surface area (Å²) in [5, 5.41) is 0. The van der Waals surface area contributed by atoms with Crippen molar-refractivity contribution in [3.05, 3.63) is 64.4 Å². The SMILES string of the molecule is O=S(=O)(c1ccc(F)cc1)N1CCN(Cc2ccccc2Br)CC1. The molecule has 7 heteroatoms. The van der Waals surface area contributed by atoms with Crippen LogP contribution in [-0.2, 0) is 16.6 Å². The molecule has 1 saturated heterocycles. The number of hydrogen-bond acceptors (Lipinski definition) is 3. The molecule has 0 atom stereocenters. The average molecular weight is 413 g/mol. The molecule has 3 rings (SSSR count). The van der Waals surface area contributed by atoms with Gasteiger partial charge in [0.15, 0.2) is 0 Å². The molecule has 4 nitrogen and oxygen atoms in total. The van der Waals surface area contributed by atoms with Crippen LogP contribution in [0.25, 0.3) is 0 Å². The van der Waals surface area contributed by atoms with Crippen LogP contribution in [0.5, 0.6) is 0 Å². The Morgan fingerprint density at radius 1 is 0.958 bits per heavy atom. The van der Waals surface area contributed by atoms with E-state index < -0.39 is 15.8 Å². The maximum atomic E-state index is 13.0. The second-order valence-electron chi connectivity index (χ2n) is 5.73. The van der Waals surface area contributed by atoms with Crippen molar-refractivity contribution in [3.8, 4) is 0 Å². The summed E-state index contributed by atoms with van der Waals surface area (Å²) in [7, 11) is -3.55. The number of benzene rings is 2. The van der Waals surface area contributed by atoms with Gasteiger partial charge in [-0.3, -0.25) is 4.90 Å². The van der Waals surface area contributed by atoms with E-state index in [1.54, 1.807) is 0 Å². The van der Waals surface area contributed by atoms with Crippen molar-refractivity contribution >= 4 is 26.0 Å². The third-order valence-electron chi connectivity index (χ3n) is 4.13. The summed E-state index contributed by atoms with van der Waals surface area (Å²) in [4.78, 5) is 2.37. The topological polar surface area (TPSA) is 40.6 Å². The van der Waals surface area contributed by atoms with Crippen LogP contribution >= 0.6 is 15.9 Å². The van der Waals surface area contributed by atoms with Crippen molar-refractivity contribution < 1.29 is 12.8 Å². The Morgan fingerprint density at radius 3 is 2.21 bits per heavy atom. The number of rotatable bonds is 4. The van der Waals surface area contributed by atoms with Gasteiger partial charge < -0.3 is 0 Å². The molecule has 0 radical (unpaired) electrons. The summed E-state index contributed by atoms with van der Waals surface area (Å²) in [5.74, 6) is -0.438. The third kappa shape index (κ3) is 3.85. The maximum absolute atomic E-state index is 13.0. The predicted octanol–water partition coefficient (Wildman–Crippen LogP) is 3.09. The first-order valence-corrected chi connectivity index (χ1v) is 9.91. The van der Waals surface area contributed by atoms with Crippen molar-refractivity contribution in [3.63, 3.8) is 0 Å². The molecule has 0 N–H and O–H groups in total. The zero-order chi connectivity index (χ0) is 17.2. The van der Waals surface area contributed by atoms with E-state index >= 15 is 0 Å². The van der Waals surface area contributed by atoms with Gasteiger partial charge in [0.25, 0.3) is 0 Å². The van der Waals surface area contributed by atoms with Gasteiger partial charge in [-0.2, -0.15) is 4.31 Å². The van der Waals surface area contributed by atoms with Gasteiger partial charge in [0, 0.05) is 37.2 Å². The number of sulfonamides is 1. The zero-order valence-corrected chi connectivity index (χ0v) is 15.4. The van der Waals surface area contributed by atoms with E-state index in [0.717, 1.165) is 11.0 Å². The lowest BCUT2D eigenvalue weighted by molar-refractivity contribution is 0.181. The summed E-state index contributed by atoms with van der Waals surface area (Å²) in [5.41, 5.74) is 1.19. The molecule has 1 fully saturated rings. The van der Waals surface area contributed by atoms with Gasteiger partial charge >= 0.3 is 0 Å². The van der Waals surface area contributed by atoms with Crippen molar-refractivity contribution in [2.24, 2.45) is 0 Å². The standard InChI is InChI=1S/C17H18BrFN2O2S/c18-17-4-2-1-3-14(17)13-20-9-11-21(12-10-20)24(22,23)16-7-5-15(19)6-8-16/h1-8H,9-13H2. The molecule has 0 unspecified atom stereocenters. The first kappa shape index (κ1) is 17.5. The van der Waals surface area contributed by atoms with E-state index in [2.05, 4.69) is 26.9 Å². The number of nitrogens with zero attached hydrogens (tertiary/aromatic N) is 2. The number of piperazine rings is 1.